The van der Waals surface area contributed by atoms with Crippen molar-refractivity contribution in [3.05, 3.63) is 33.8 Å². The van der Waals surface area contributed by atoms with Crippen molar-refractivity contribution in [3.8, 4) is 0 Å². The van der Waals surface area contributed by atoms with E-state index < -0.39 is 29.6 Å². The Morgan fingerprint density at radius 2 is 2.00 bits per heavy atom. The Balaban J connectivity index is 3.33. The van der Waals surface area contributed by atoms with Crippen LogP contribution in [-0.4, -0.2) is 12.3 Å². The third-order valence-corrected chi connectivity index (χ3v) is 2.27. The molecule has 0 bridgehead atoms. The highest BCUT2D eigenvalue weighted by molar-refractivity contribution is 9.10. The fraction of sp³-hybridized carbons (Fsp3) is 0.222. The van der Waals surface area contributed by atoms with E-state index in [-0.39, 0.29) is 4.47 Å². The number of carbonyl (C=O) groups excluding carboxylic acids is 1. The molecule has 0 saturated heterocycles. The fourth-order valence-corrected chi connectivity index (χ4v) is 1.47. The van der Waals surface area contributed by atoms with E-state index in [1.54, 1.807) is 0 Å². The van der Waals surface area contributed by atoms with Crippen LogP contribution in [0.5, 0.6) is 0 Å². The van der Waals surface area contributed by atoms with Crippen LogP contribution in [0.4, 0.5) is 13.2 Å². The van der Waals surface area contributed by atoms with Crippen LogP contribution in [0.2, 0.25) is 0 Å². The van der Waals surface area contributed by atoms with Gasteiger partial charge in [0, 0.05) is 10.0 Å². The zero-order valence-corrected chi connectivity index (χ0v) is 9.02. The van der Waals surface area contributed by atoms with Gasteiger partial charge in [-0.15, -0.1) is 0 Å². The number of hydrogen-bond donors (Lipinski definition) is 1. The van der Waals surface area contributed by atoms with Crippen LogP contribution < -0.4 is 5.73 Å². The van der Waals surface area contributed by atoms with Crippen LogP contribution in [0.3, 0.4) is 0 Å². The molecular weight excluding hydrogens is 275 g/mol. The monoisotopic (exact) mass is 281 g/mol. The van der Waals surface area contributed by atoms with E-state index in [0.29, 0.717) is 0 Å². The van der Waals surface area contributed by atoms with Gasteiger partial charge in [-0.2, -0.15) is 13.2 Å². The predicted octanol–water partition coefficient (Wildman–Crippen LogP) is 2.61. The van der Waals surface area contributed by atoms with E-state index in [2.05, 4.69) is 15.9 Å². The summed E-state index contributed by atoms with van der Waals surface area (Å²) in [6.45, 7) is -0.440. The quantitative estimate of drug-likeness (QED) is 0.847. The van der Waals surface area contributed by atoms with Gasteiger partial charge in [-0.05, 0) is 18.2 Å². The van der Waals surface area contributed by atoms with Gasteiger partial charge in [-0.3, -0.25) is 4.79 Å². The summed E-state index contributed by atoms with van der Waals surface area (Å²) in [5.74, 6) is -0.727. The van der Waals surface area contributed by atoms with Gasteiger partial charge in [-0.25, -0.2) is 0 Å². The first-order chi connectivity index (χ1) is 6.86. The van der Waals surface area contributed by atoms with E-state index in [1.165, 1.54) is 6.07 Å². The van der Waals surface area contributed by atoms with Crippen molar-refractivity contribution < 1.29 is 18.0 Å². The second-order valence-corrected chi connectivity index (χ2v) is 3.73. The summed E-state index contributed by atoms with van der Waals surface area (Å²) >= 11 is 2.92. The van der Waals surface area contributed by atoms with E-state index in [0.717, 1.165) is 12.1 Å². The number of alkyl halides is 3. The van der Waals surface area contributed by atoms with Crippen molar-refractivity contribution in [3.63, 3.8) is 0 Å². The molecule has 0 aliphatic heterocycles. The molecule has 0 spiro atoms. The summed E-state index contributed by atoms with van der Waals surface area (Å²) in [7, 11) is 0. The van der Waals surface area contributed by atoms with Gasteiger partial charge in [0.05, 0.1) is 12.1 Å². The van der Waals surface area contributed by atoms with E-state index in [1.807, 2.05) is 0 Å². The Labute approximate surface area is 92.4 Å². The number of nitrogens with two attached hydrogens (primary N) is 1. The highest BCUT2D eigenvalue weighted by atomic mass is 79.9. The van der Waals surface area contributed by atoms with Crippen molar-refractivity contribution in [2.45, 2.75) is 6.18 Å². The van der Waals surface area contributed by atoms with Crippen molar-refractivity contribution in [1.82, 2.24) is 0 Å². The van der Waals surface area contributed by atoms with Crippen molar-refractivity contribution in [1.29, 1.82) is 0 Å². The molecular formula is C9H7BrF3NO. The van der Waals surface area contributed by atoms with Gasteiger partial charge in [-0.1, -0.05) is 15.9 Å². The second kappa shape index (κ2) is 4.32. The van der Waals surface area contributed by atoms with E-state index in [4.69, 9.17) is 5.73 Å². The third-order valence-electron chi connectivity index (χ3n) is 1.77. The van der Waals surface area contributed by atoms with Gasteiger partial charge in [0.2, 0.25) is 0 Å². The summed E-state index contributed by atoms with van der Waals surface area (Å²) < 4.78 is 37.8. The molecule has 0 aliphatic carbocycles. The lowest BCUT2D eigenvalue weighted by Gasteiger charge is -2.11. The predicted molar refractivity (Wildman–Crippen MR) is 52.5 cm³/mol. The molecule has 1 rings (SSSR count). The van der Waals surface area contributed by atoms with Crippen LogP contribution in [-0.2, 0) is 6.18 Å². The minimum absolute atomic E-state index is 0.267. The minimum Gasteiger partial charge on any atom is -0.324 e. The molecule has 0 atom stereocenters. The normalized spacial score (nSPS) is 11.5. The number of ketones is 1. The van der Waals surface area contributed by atoms with Gasteiger partial charge in [0.15, 0.2) is 5.78 Å². The molecule has 82 valence electrons. The average Bonchev–Trinajstić information content (AvgIpc) is 2.15. The molecule has 0 heterocycles. The van der Waals surface area contributed by atoms with Crippen molar-refractivity contribution in [2.75, 3.05) is 6.54 Å². The molecule has 0 unspecified atom stereocenters. The second-order valence-electron chi connectivity index (χ2n) is 2.81. The highest BCUT2D eigenvalue weighted by Crippen LogP contribution is 2.33. The lowest BCUT2D eigenvalue weighted by Crippen LogP contribution is -2.19. The minimum atomic E-state index is -4.55. The van der Waals surface area contributed by atoms with Crippen molar-refractivity contribution in [2.24, 2.45) is 5.73 Å². The fourth-order valence-electron chi connectivity index (χ4n) is 1.10. The summed E-state index contributed by atoms with van der Waals surface area (Å²) in [5, 5.41) is 0. The first-order valence-electron chi connectivity index (χ1n) is 3.96. The Kier molecular flexibility index (Phi) is 3.51. The smallest absolute Gasteiger partial charge is 0.324 e. The Morgan fingerprint density at radius 1 is 1.40 bits per heavy atom. The van der Waals surface area contributed by atoms with Gasteiger partial charge < -0.3 is 5.73 Å². The molecule has 15 heavy (non-hydrogen) atoms. The molecule has 1 aromatic rings. The van der Waals surface area contributed by atoms with Gasteiger partial charge in [0.25, 0.3) is 0 Å². The summed E-state index contributed by atoms with van der Waals surface area (Å²) in [6, 6.07) is 3.35. The number of Topliss-reactive ketones (excluding diaryl/α,β-unsaturated/α-hetero) is 1. The largest absolute Gasteiger partial charge is 0.417 e. The summed E-state index contributed by atoms with van der Waals surface area (Å²) in [5.41, 5.74) is 3.67. The Bertz CT molecular complexity index is 389. The highest BCUT2D eigenvalue weighted by Gasteiger charge is 2.34. The molecule has 0 aromatic heterocycles. The Hall–Kier alpha value is -0.880. The maximum atomic E-state index is 12.5. The molecule has 0 saturated carbocycles. The number of hydrogen-bond acceptors (Lipinski definition) is 2. The van der Waals surface area contributed by atoms with Gasteiger partial charge in [0.1, 0.15) is 0 Å². The van der Waals surface area contributed by atoms with Crippen LogP contribution in [0.25, 0.3) is 0 Å². The maximum Gasteiger partial charge on any atom is 0.417 e. The molecule has 6 heteroatoms. The van der Waals surface area contributed by atoms with Crippen LogP contribution in [0, 0.1) is 0 Å². The topological polar surface area (TPSA) is 43.1 Å². The van der Waals surface area contributed by atoms with E-state index >= 15 is 0 Å². The lowest BCUT2D eigenvalue weighted by molar-refractivity contribution is -0.137. The van der Waals surface area contributed by atoms with Crippen molar-refractivity contribution >= 4 is 21.7 Å². The number of halogens is 4. The number of carbonyl (C=O) groups is 1. The summed E-state index contributed by atoms with van der Waals surface area (Å²) in [6.07, 6.45) is -4.55. The third kappa shape index (κ3) is 2.79. The molecule has 0 radical (unpaired) electrons. The van der Waals surface area contributed by atoms with Crippen LogP contribution >= 0.6 is 15.9 Å². The molecule has 2 nitrogen and oxygen atoms in total. The Morgan fingerprint density at radius 3 is 2.47 bits per heavy atom. The van der Waals surface area contributed by atoms with Crippen LogP contribution in [0.15, 0.2) is 22.7 Å². The van der Waals surface area contributed by atoms with Gasteiger partial charge >= 0.3 is 6.18 Å². The first-order valence-corrected chi connectivity index (χ1v) is 4.75. The average molecular weight is 282 g/mol. The zero-order chi connectivity index (χ0) is 11.6. The number of rotatable bonds is 2. The standard InChI is InChI=1S/C9H7BrF3NO/c10-5-1-2-6(8(15)4-14)7(3-5)9(11,12)13/h1-3H,4,14H2. The molecule has 0 fully saturated rings. The first kappa shape index (κ1) is 12.2. The molecule has 0 aliphatic rings. The SMILES string of the molecule is NCC(=O)c1ccc(Br)cc1C(F)(F)F. The van der Waals surface area contributed by atoms with E-state index in [9.17, 15) is 18.0 Å². The lowest BCUT2D eigenvalue weighted by atomic mass is 10.0. The summed E-state index contributed by atoms with van der Waals surface area (Å²) in [4.78, 5) is 11.2. The zero-order valence-electron chi connectivity index (χ0n) is 7.44. The molecule has 1 aromatic carbocycles. The maximum absolute atomic E-state index is 12.5. The number of benzene rings is 1. The molecule has 0 amide bonds. The van der Waals surface area contributed by atoms with Crippen LogP contribution in [0.1, 0.15) is 15.9 Å². The molecule has 2 N–H and O–H groups in total.